The Labute approximate surface area is 131 Å². The molecule has 1 aromatic heterocycles. The molecule has 0 amide bonds. The molecule has 0 spiro atoms. The highest BCUT2D eigenvalue weighted by molar-refractivity contribution is 7.89. The number of sulfonamides is 1. The fourth-order valence-electron chi connectivity index (χ4n) is 2.60. The first-order valence-electron chi connectivity index (χ1n) is 7.68. The van der Waals surface area contributed by atoms with Gasteiger partial charge in [0.05, 0.1) is 11.8 Å². The molecule has 0 aromatic carbocycles. The van der Waals surface area contributed by atoms with Crippen molar-refractivity contribution < 1.29 is 12.9 Å². The molecule has 2 rings (SSSR count). The summed E-state index contributed by atoms with van der Waals surface area (Å²) in [5.74, 6) is 1.45. The molecule has 1 aliphatic heterocycles. The topological polar surface area (TPSA) is 106 Å². The van der Waals surface area contributed by atoms with Gasteiger partial charge in [0.2, 0.25) is 15.9 Å². The van der Waals surface area contributed by atoms with Crippen molar-refractivity contribution in [1.82, 2.24) is 19.9 Å². The molecule has 1 aromatic rings. The number of piperazine rings is 1. The molecule has 22 heavy (non-hydrogen) atoms. The van der Waals surface area contributed by atoms with Crippen molar-refractivity contribution in [1.29, 1.82) is 0 Å². The monoisotopic (exact) mass is 331 g/mol. The van der Waals surface area contributed by atoms with Crippen molar-refractivity contribution in [3.05, 3.63) is 11.7 Å². The molecule has 0 unspecified atom stereocenters. The first-order valence-corrected chi connectivity index (χ1v) is 9.40. The summed E-state index contributed by atoms with van der Waals surface area (Å²) >= 11 is 0. The van der Waals surface area contributed by atoms with Gasteiger partial charge in [-0.3, -0.25) is 4.90 Å². The van der Waals surface area contributed by atoms with E-state index in [0.29, 0.717) is 12.3 Å². The van der Waals surface area contributed by atoms with Crippen LogP contribution in [0.1, 0.15) is 38.0 Å². The Morgan fingerprint density at radius 3 is 2.55 bits per heavy atom. The Hall–Kier alpha value is -1.03. The lowest BCUT2D eigenvalue weighted by Gasteiger charge is -2.36. The van der Waals surface area contributed by atoms with E-state index in [9.17, 15) is 8.42 Å². The lowest BCUT2D eigenvalue weighted by molar-refractivity contribution is 0.0885. The summed E-state index contributed by atoms with van der Waals surface area (Å²) in [6, 6.07) is 0.111. The van der Waals surface area contributed by atoms with E-state index in [-0.39, 0.29) is 11.8 Å². The molecular weight excluding hydrogens is 306 g/mol. The molecule has 0 saturated carbocycles. The van der Waals surface area contributed by atoms with E-state index < -0.39 is 10.0 Å². The van der Waals surface area contributed by atoms with Crippen LogP contribution in [0.4, 0.5) is 0 Å². The Morgan fingerprint density at radius 2 is 2.00 bits per heavy atom. The van der Waals surface area contributed by atoms with E-state index in [1.807, 2.05) is 6.92 Å². The average molecular weight is 331 g/mol. The van der Waals surface area contributed by atoms with Crippen molar-refractivity contribution in [2.75, 3.05) is 38.5 Å². The standard InChI is InChI=1S/C13H25N5O3S/c1-3-12-15-13(21-16-12)11(2)18-8-6-17(7-9-18)5-4-10-22(14,19)20/h11H,3-10H2,1-2H3,(H2,14,19,20)/t11-/m0/s1. The van der Waals surface area contributed by atoms with E-state index in [0.717, 1.165) is 45.0 Å². The molecule has 2 N–H and O–H groups in total. The second kappa shape index (κ2) is 7.49. The summed E-state index contributed by atoms with van der Waals surface area (Å²) in [5, 5.41) is 8.95. The van der Waals surface area contributed by atoms with Crippen molar-refractivity contribution in [3.8, 4) is 0 Å². The van der Waals surface area contributed by atoms with Gasteiger partial charge in [-0.1, -0.05) is 12.1 Å². The van der Waals surface area contributed by atoms with E-state index in [2.05, 4.69) is 26.9 Å². The second-order valence-corrected chi connectivity index (χ2v) is 7.41. The SMILES string of the molecule is CCc1noc([C@H](C)N2CCN(CCCS(N)(=O)=O)CC2)n1. The van der Waals surface area contributed by atoms with Crippen LogP contribution >= 0.6 is 0 Å². The smallest absolute Gasteiger partial charge is 0.243 e. The van der Waals surface area contributed by atoms with Crippen molar-refractivity contribution in [2.24, 2.45) is 5.14 Å². The van der Waals surface area contributed by atoms with Crippen molar-refractivity contribution >= 4 is 10.0 Å². The van der Waals surface area contributed by atoms with Gasteiger partial charge in [-0.25, -0.2) is 13.6 Å². The zero-order valence-corrected chi connectivity index (χ0v) is 14.0. The number of primary sulfonamides is 1. The average Bonchev–Trinajstić information content (AvgIpc) is 2.95. The second-order valence-electron chi connectivity index (χ2n) is 5.68. The van der Waals surface area contributed by atoms with Gasteiger partial charge in [-0.05, 0) is 19.9 Å². The van der Waals surface area contributed by atoms with Crippen LogP contribution < -0.4 is 5.14 Å². The zero-order valence-electron chi connectivity index (χ0n) is 13.2. The van der Waals surface area contributed by atoms with E-state index in [4.69, 9.17) is 9.66 Å². The van der Waals surface area contributed by atoms with Gasteiger partial charge in [0.25, 0.3) is 0 Å². The Balaban J connectivity index is 1.76. The molecule has 8 nitrogen and oxygen atoms in total. The number of aromatic nitrogens is 2. The lowest BCUT2D eigenvalue weighted by atomic mass is 10.2. The maximum atomic E-state index is 10.9. The number of nitrogens with two attached hydrogens (primary N) is 1. The number of nitrogens with zero attached hydrogens (tertiary/aromatic N) is 4. The quantitative estimate of drug-likeness (QED) is 0.749. The van der Waals surface area contributed by atoms with Gasteiger partial charge in [0.1, 0.15) is 0 Å². The summed E-state index contributed by atoms with van der Waals surface area (Å²) in [4.78, 5) is 8.96. The minimum absolute atomic E-state index is 0.0470. The highest BCUT2D eigenvalue weighted by Crippen LogP contribution is 2.20. The van der Waals surface area contributed by atoms with E-state index >= 15 is 0 Å². The number of hydrogen-bond acceptors (Lipinski definition) is 7. The normalized spacial score (nSPS) is 19.4. The summed E-state index contributed by atoms with van der Waals surface area (Å²) in [7, 11) is -3.35. The van der Waals surface area contributed by atoms with Gasteiger partial charge in [-0.15, -0.1) is 0 Å². The summed E-state index contributed by atoms with van der Waals surface area (Å²) in [5.41, 5.74) is 0. The minimum Gasteiger partial charge on any atom is -0.338 e. The Morgan fingerprint density at radius 1 is 1.32 bits per heavy atom. The summed E-state index contributed by atoms with van der Waals surface area (Å²) in [6.45, 7) is 8.45. The van der Waals surface area contributed by atoms with Crippen molar-refractivity contribution in [3.63, 3.8) is 0 Å². The highest BCUT2D eigenvalue weighted by Gasteiger charge is 2.25. The number of aryl methyl sites for hydroxylation is 1. The van der Waals surface area contributed by atoms with E-state index in [1.54, 1.807) is 0 Å². The highest BCUT2D eigenvalue weighted by atomic mass is 32.2. The third kappa shape index (κ3) is 5.01. The molecule has 1 atom stereocenters. The van der Waals surface area contributed by atoms with Crippen LogP contribution in [-0.4, -0.2) is 66.8 Å². The van der Waals surface area contributed by atoms with Crippen LogP contribution in [0.5, 0.6) is 0 Å². The predicted molar refractivity (Wildman–Crippen MR) is 82.7 cm³/mol. The van der Waals surface area contributed by atoms with Gasteiger partial charge in [-0.2, -0.15) is 4.98 Å². The van der Waals surface area contributed by atoms with E-state index in [1.165, 1.54) is 0 Å². The fourth-order valence-corrected chi connectivity index (χ4v) is 3.13. The molecule has 9 heteroatoms. The van der Waals surface area contributed by atoms with Crippen molar-refractivity contribution in [2.45, 2.75) is 32.7 Å². The first kappa shape index (κ1) is 17.3. The molecule has 1 aliphatic rings. The molecule has 1 fully saturated rings. The predicted octanol–water partition coefficient (Wildman–Crippen LogP) is -0.0108. The first-order chi connectivity index (χ1) is 10.4. The summed E-state index contributed by atoms with van der Waals surface area (Å²) in [6.07, 6.45) is 1.35. The lowest BCUT2D eigenvalue weighted by Crippen LogP contribution is -2.47. The molecule has 0 bridgehead atoms. The maximum Gasteiger partial charge on any atom is 0.243 e. The van der Waals surface area contributed by atoms with Gasteiger partial charge in [0, 0.05) is 32.6 Å². The molecule has 0 radical (unpaired) electrons. The van der Waals surface area contributed by atoms with Crippen LogP contribution in [0, 0.1) is 0 Å². The third-order valence-electron chi connectivity index (χ3n) is 4.02. The Kier molecular flexibility index (Phi) is 5.90. The van der Waals surface area contributed by atoms with Gasteiger partial charge < -0.3 is 9.42 Å². The van der Waals surface area contributed by atoms with Crippen LogP contribution in [0.3, 0.4) is 0 Å². The molecule has 2 heterocycles. The molecule has 126 valence electrons. The van der Waals surface area contributed by atoms with Crippen LogP contribution in [0.25, 0.3) is 0 Å². The van der Waals surface area contributed by atoms with Crippen LogP contribution in [0.15, 0.2) is 4.52 Å². The largest absolute Gasteiger partial charge is 0.338 e. The molecule has 0 aliphatic carbocycles. The number of hydrogen-bond donors (Lipinski definition) is 1. The van der Waals surface area contributed by atoms with Gasteiger partial charge >= 0.3 is 0 Å². The Bertz CT molecular complexity index is 566. The van der Waals surface area contributed by atoms with Crippen LogP contribution in [-0.2, 0) is 16.4 Å². The van der Waals surface area contributed by atoms with Gasteiger partial charge in [0.15, 0.2) is 5.82 Å². The maximum absolute atomic E-state index is 10.9. The molecular formula is C13H25N5O3S. The minimum atomic E-state index is -3.35. The fraction of sp³-hybridized carbons (Fsp3) is 0.846. The number of rotatable bonds is 7. The van der Waals surface area contributed by atoms with Crippen LogP contribution in [0.2, 0.25) is 0 Å². The zero-order chi connectivity index (χ0) is 16.2. The third-order valence-corrected chi connectivity index (χ3v) is 4.87. The molecule has 1 saturated heterocycles. The summed E-state index contributed by atoms with van der Waals surface area (Å²) < 4.78 is 27.2.